The van der Waals surface area contributed by atoms with E-state index in [4.69, 9.17) is 0 Å². The third-order valence-electron chi connectivity index (χ3n) is 3.99. The number of aldehydes is 1. The second kappa shape index (κ2) is 5.30. The minimum atomic E-state index is 0.618. The van der Waals surface area contributed by atoms with Crippen molar-refractivity contribution < 1.29 is 4.79 Å². The van der Waals surface area contributed by atoms with E-state index < -0.39 is 0 Å². The number of nitriles is 1. The van der Waals surface area contributed by atoms with Crippen LogP contribution in [0.15, 0.2) is 36.4 Å². The number of hydrogen-bond acceptors (Lipinski definition) is 2. The maximum absolute atomic E-state index is 11.0. The first kappa shape index (κ1) is 12.6. The zero-order chi connectivity index (χ0) is 13.9. The van der Waals surface area contributed by atoms with Crippen LogP contribution in [0.5, 0.6) is 0 Å². The highest BCUT2D eigenvalue weighted by molar-refractivity contribution is 5.82. The summed E-state index contributed by atoms with van der Waals surface area (Å²) in [7, 11) is 0. The first-order chi connectivity index (χ1) is 9.83. The fraction of sp³-hybridized carbons (Fsp3) is 0.222. The summed E-state index contributed by atoms with van der Waals surface area (Å²) in [5, 5.41) is 9.31. The Morgan fingerprint density at radius 3 is 2.70 bits per heavy atom. The van der Waals surface area contributed by atoms with E-state index in [2.05, 4.69) is 18.2 Å². The Morgan fingerprint density at radius 1 is 1.05 bits per heavy atom. The van der Waals surface area contributed by atoms with E-state index in [0.29, 0.717) is 11.1 Å². The van der Waals surface area contributed by atoms with Gasteiger partial charge in [-0.1, -0.05) is 24.3 Å². The molecule has 0 bridgehead atoms. The molecule has 2 aromatic carbocycles. The minimum Gasteiger partial charge on any atom is -0.298 e. The van der Waals surface area contributed by atoms with Crippen LogP contribution in [0.3, 0.4) is 0 Å². The third-order valence-corrected chi connectivity index (χ3v) is 3.99. The van der Waals surface area contributed by atoms with Gasteiger partial charge in [0, 0.05) is 11.1 Å². The predicted molar refractivity (Wildman–Crippen MR) is 78.6 cm³/mol. The monoisotopic (exact) mass is 261 g/mol. The van der Waals surface area contributed by atoms with Gasteiger partial charge in [0.15, 0.2) is 0 Å². The van der Waals surface area contributed by atoms with Crippen LogP contribution < -0.4 is 0 Å². The molecule has 0 amide bonds. The smallest absolute Gasteiger partial charge is 0.150 e. The summed E-state index contributed by atoms with van der Waals surface area (Å²) in [4.78, 5) is 11.0. The molecule has 2 heteroatoms. The lowest BCUT2D eigenvalue weighted by molar-refractivity contribution is 0.112. The number of hydrogen-bond donors (Lipinski definition) is 0. The molecule has 0 unspecified atom stereocenters. The van der Waals surface area contributed by atoms with Crippen LogP contribution in [0.2, 0.25) is 0 Å². The van der Waals surface area contributed by atoms with E-state index in [0.717, 1.165) is 30.3 Å². The molecule has 20 heavy (non-hydrogen) atoms. The van der Waals surface area contributed by atoms with E-state index in [-0.39, 0.29) is 0 Å². The van der Waals surface area contributed by atoms with Crippen molar-refractivity contribution in [3.8, 4) is 17.2 Å². The van der Waals surface area contributed by atoms with Gasteiger partial charge in [-0.3, -0.25) is 4.79 Å². The molecule has 0 fully saturated rings. The molecular formula is C18H15NO. The highest BCUT2D eigenvalue weighted by Gasteiger charge is 2.16. The van der Waals surface area contributed by atoms with Gasteiger partial charge in [0.25, 0.3) is 0 Å². The zero-order valence-electron chi connectivity index (χ0n) is 11.2. The number of fused-ring (bicyclic) bond motifs is 1. The van der Waals surface area contributed by atoms with Crippen molar-refractivity contribution >= 4 is 6.29 Å². The summed E-state index contributed by atoms with van der Waals surface area (Å²) in [6.07, 6.45) is 5.43. The number of rotatable bonds is 2. The van der Waals surface area contributed by atoms with Crippen LogP contribution in [-0.2, 0) is 12.8 Å². The molecular weight excluding hydrogens is 246 g/mol. The lowest BCUT2D eigenvalue weighted by Gasteiger charge is -2.20. The zero-order valence-corrected chi connectivity index (χ0v) is 11.2. The molecule has 0 radical (unpaired) electrons. The van der Waals surface area contributed by atoms with Crippen LogP contribution in [0.1, 0.15) is 39.9 Å². The fourth-order valence-electron chi connectivity index (χ4n) is 2.99. The van der Waals surface area contributed by atoms with Crippen LogP contribution in [0, 0.1) is 11.3 Å². The average molecular weight is 261 g/mol. The number of aryl methyl sites for hydroxylation is 1. The Labute approximate surface area is 118 Å². The standard InChI is InChI=1S/C18H15NO/c19-11-15-9-8-13(12-20)10-18(15)17-7-3-5-14-4-1-2-6-16(14)17/h3,5,7-10,12H,1-2,4,6H2. The Hall–Kier alpha value is -2.40. The Morgan fingerprint density at radius 2 is 1.90 bits per heavy atom. The van der Waals surface area contributed by atoms with Gasteiger partial charge in [0.2, 0.25) is 0 Å². The summed E-state index contributed by atoms with van der Waals surface area (Å²) in [6.45, 7) is 0. The second-order valence-electron chi connectivity index (χ2n) is 5.19. The lowest BCUT2D eigenvalue weighted by Crippen LogP contribution is -2.05. The topological polar surface area (TPSA) is 40.9 Å². The van der Waals surface area contributed by atoms with Gasteiger partial charge in [-0.25, -0.2) is 0 Å². The van der Waals surface area contributed by atoms with Crippen LogP contribution in [-0.4, -0.2) is 6.29 Å². The molecule has 0 aliphatic heterocycles. The molecule has 0 saturated heterocycles. The second-order valence-corrected chi connectivity index (χ2v) is 5.19. The predicted octanol–water partition coefficient (Wildman–Crippen LogP) is 3.92. The molecule has 0 N–H and O–H groups in total. The van der Waals surface area contributed by atoms with Gasteiger partial charge in [0.05, 0.1) is 11.6 Å². The normalized spacial score (nSPS) is 13.3. The van der Waals surface area contributed by atoms with E-state index in [1.807, 2.05) is 12.1 Å². The first-order valence-corrected chi connectivity index (χ1v) is 6.94. The first-order valence-electron chi connectivity index (χ1n) is 6.94. The largest absolute Gasteiger partial charge is 0.298 e. The van der Waals surface area contributed by atoms with Crippen LogP contribution in [0.4, 0.5) is 0 Å². The molecule has 0 saturated carbocycles. The van der Waals surface area contributed by atoms with Crippen molar-refractivity contribution in [1.29, 1.82) is 5.26 Å². The Balaban J connectivity index is 2.23. The summed E-state index contributed by atoms with van der Waals surface area (Å²) < 4.78 is 0. The van der Waals surface area contributed by atoms with Gasteiger partial charge in [-0.05, 0) is 54.5 Å². The summed E-state index contributed by atoms with van der Waals surface area (Å²) in [5.74, 6) is 0. The molecule has 1 aliphatic carbocycles. The molecule has 3 rings (SSSR count). The molecule has 0 heterocycles. The van der Waals surface area contributed by atoms with E-state index >= 15 is 0 Å². The van der Waals surface area contributed by atoms with E-state index in [9.17, 15) is 10.1 Å². The van der Waals surface area contributed by atoms with E-state index in [1.165, 1.54) is 24.0 Å². The van der Waals surface area contributed by atoms with Crippen molar-refractivity contribution in [2.75, 3.05) is 0 Å². The van der Waals surface area contributed by atoms with Gasteiger partial charge < -0.3 is 0 Å². The number of nitrogens with zero attached hydrogens (tertiary/aromatic N) is 1. The quantitative estimate of drug-likeness (QED) is 0.769. The molecule has 98 valence electrons. The Kier molecular flexibility index (Phi) is 3.35. The molecule has 0 spiro atoms. The Bertz CT molecular complexity index is 710. The minimum absolute atomic E-state index is 0.618. The van der Waals surface area contributed by atoms with Crippen molar-refractivity contribution in [3.63, 3.8) is 0 Å². The van der Waals surface area contributed by atoms with Crippen LogP contribution >= 0.6 is 0 Å². The fourth-order valence-corrected chi connectivity index (χ4v) is 2.99. The van der Waals surface area contributed by atoms with Gasteiger partial charge in [-0.15, -0.1) is 0 Å². The molecule has 2 nitrogen and oxygen atoms in total. The van der Waals surface area contributed by atoms with Gasteiger partial charge >= 0.3 is 0 Å². The molecule has 0 aromatic heterocycles. The maximum atomic E-state index is 11.0. The third kappa shape index (κ3) is 2.12. The SMILES string of the molecule is N#Cc1ccc(C=O)cc1-c1cccc2c1CCCC2. The van der Waals surface area contributed by atoms with Crippen molar-refractivity contribution in [2.24, 2.45) is 0 Å². The summed E-state index contributed by atoms with van der Waals surface area (Å²) in [5.41, 5.74) is 5.98. The summed E-state index contributed by atoms with van der Waals surface area (Å²) >= 11 is 0. The van der Waals surface area contributed by atoms with Crippen molar-refractivity contribution in [3.05, 3.63) is 58.7 Å². The average Bonchev–Trinajstić information content (AvgIpc) is 2.53. The highest BCUT2D eigenvalue weighted by atomic mass is 16.1. The van der Waals surface area contributed by atoms with Gasteiger partial charge in [0.1, 0.15) is 6.29 Å². The van der Waals surface area contributed by atoms with Crippen molar-refractivity contribution in [2.45, 2.75) is 25.7 Å². The van der Waals surface area contributed by atoms with Crippen LogP contribution in [0.25, 0.3) is 11.1 Å². The maximum Gasteiger partial charge on any atom is 0.150 e. The number of carbonyl (C=O) groups excluding carboxylic acids is 1. The van der Waals surface area contributed by atoms with Crippen molar-refractivity contribution in [1.82, 2.24) is 0 Å². The van der Waals surface area contributed by atoms with E-state index in [1.54, 1.807) is 12.1 Å². The lowest BCUT2D eigenvalue weighted by atomic mass is 9.84. The molecule has 2 aromatic rings. The van der Waals surface area contributed by atoms with Gasteiger partial charge in [-0.2, -0.15) is 5.26 Å². The number of carbonyl (C=O) groups is 1. The molecule has 0 atom stereocenters. The number of benzene rings is 2. The highest BCUT2D eigenvalue weighted by Crippen LogP contribution is 2.33. The molecule has 1 aliphatic rings. The summed E-state index contributed by atoms with van der Waals surface area (Å²) in [6, 6.07) is 13.8.